The highest BCUT2D eigenvalue weighted by Crippen LogP contribution is 2.25. The maximum Gasteiger partial charge on any atom is 0.136 e. The molecule has 0 amide bonds. The summed E-state index contributed by atoms with van der Waals surface area (Å²) in [5.41, 5.74) is 2.31. The number of hydrogen-bond acceptors (Lipinski definition) is 4. The zero-order valence-electron chi connectivity index (χ0n) is 13.6. The molecule has 1 N–H and O–H groups in total. The average Bonchev–Trinajstić information content (AvgIpc) is 2.49. The van der Waals surface area contributed by atoms with E-state index in [4.69, 9.17) is 0 Å². The second-order valence-corrected chi connectivity index (χ2v) is 6.29. The van der Waals surface area contributed by atoms with Crippen LogP contribution in [0.4, 0.5) is 17.3 Å². The first-order chi connectivity index (χ1) is 10.6. The van der Waals surface area contributed by atoms with Gasteiger partial charge in [0.15, 0.2) is 0 Å². The van der Waals surface area contributed by atoms with E-state index in [1.165, 1.54) is 18.4 Å². The van der Waals surface area contributed by atoms with E-state index in [1.54, 1.807) is 0 Å². The molecule has 1 aromatic heterocycles. The Bertz CT molecular complexity index is 653. The highest BCUT2D eigenvalue weighted by molar-refractivity contribution is 5.62. The van der Waals surface area contributed by atoms with E-state index in [2.05, 4.69) is 52.2 Å². The van der Waals surface area contributed by atoms with Gasteiger partial charge in [-0.2, -0.15) is 0 Å². The fourth-order valence-electron chi connectivity index (χ4n) is 3.03. The van der Waals surface area contributed by atoms with Crippen molar-refractivity contribution < 1.29 is 0 Å². The third kappa shape index (κ3) is 3.38. The molecule has 0 bridgehead atoms. The Morgan fingerprint density at radius 1 is 1.18 bits per heavy atom. The Morgan fingerprint density at radius 2 is 2.00 bits per heavy atom. The Balaban J connectivity index is 1.85. The van der Waals surface area contributed by atoms with Crippen molar-refractivity contribution in [2.75, 3.05) is 23.3 Å². The van der Waals surface area contributed by atoms with E-state index in [1.807, 2.05) is 19.1 Å². The van der Waals surface area contributed by atoms with Crippen LogP contribution in [0.1, 0.15) is 31.2 Å². The van der Waals surface area contributed by atoms with Gasteiger partial charge in [-0.15, -0.1) is 0 Å². The molecule has 2 aromatic rings. The van der Waals surface area contributed by atoms with Crippen molar-refractivity contribution >= 4 is 17.3 Å². The lowest BCUT2D eigenvalue weighted by atomic mass is 10.0. The Labute approximate surface area is 132 Å². The predicted octanol–water partition coefficient (Wildman–Crippen LogP) is 4.07. The van der Waals surface area contributed by atoms with Gasteiger partial charge in [-0.25, -0.2) is 9.97 Å². The third-order valence-electron chi connectivity index (χ3n) is 4.21. The lowest BCUT2D eigenvalue weighted by Crippen LogP contribution is -2.35. The molecule has 1 unspecified atom stereocenters. The van der Waals surface area contributed by atoms with E-state index in [0.29, 0.717) is 0 Å². The first-order valence-electron chi connectivity index (χ1n) is 8.05. The van der Waals surface area contributed by atoms with Crippen LogP contribution in [-0.2, 0) is 0 Å². The number of para-hydroxylation sites is 1. The number of rotatable bonds is 3. The normalized spacial score (nSPS) is 18.3. The van der Waals surface area contributed by atoms with E-state index in [9.17, 15) is 0 Å². The number of anilines is 3. The molecule has 0 saturated carbocycles. The molecule has 1 fully saturated rings. The van der Waals surface area contributed by atoms with Gasteiger partial charge < -0.3 is 10.2 Å². The van der Waals surface area contributed by atoms with Crippen LogP contribution in [-0.4, -0.2) is 23.1 Å². The smallest absolute Gasteiger partial charge is 0.136 e. The van der Waals surface area contributed by atoms with Gasteiger partial charge in [0.25, 0.3) is 0 Å². The summed E-state index contributed by atoms with van der Waals surface area (Å²) in [6, 6.07) is 10.3. The van der Waals surface area contributed by atoms with E-state index in [0.717, 1.165) is 42.2 Å². The number of nitrogens with zero attached hydrogens (tertiary/aromatic N) is 3. The molecule has 1 aliphatic heterocycles. The number of benzene rings is 1. The minimum Gasteiger partial charge on any atom is -0.356 e. The second kappa shape index (κ2) is 6.34. The van der Waals surface area contributed by atoms with Crippen molar-refractivity contribution in [2.24, 2.45) is 5.92 Å². The maximum atomic E-state index is 4.63. The highest BCUT2D eigenvalue weighted by atomic mass is 15.2. The summed E-state index contributed by atoms with van der Waals surface area (Å²) in [5, 5.41) is 3.43. The van der Waals surface area contributed by atoms with Crippen molar-refractivity contribution in [2.45, 2.75) is 33.6 Å². The molecule has 1 saturated heterocycles. The zero-order chi connectivity index (χ0) is 15.5. The number of aryl methyl sites for hydroxylation is 2. The molecular formula is C18H24N4. The molecule has 1 aromatic carbocycles. The first-order valence-corrected chi connectivity index (χ1v) is 8.05. The molecule has 1 aliphatic rings. The molecule has 0 aliphatic carbocycles. The summed E-state index contributed by atoms with van der Waals surface area (Å²) < 4.78 is 0. The number of hydrogen-bond donors (Lipinski definition) is 1. The van der Waals surface area contributed by atoms with Crippen LogP contribution >= 0.6 is 0 Å². The van der Waals surface area contributed by atoms with Crippen LogP contribution in [0.3, 0.4) is 0 Å². The topological polar surface area (TPSA) is 41.1 Å². The molecule has 0 radical (unpaired) electrons. The van der Waals surface area contributed by atoms with Crippen molar-refractivity contribution in [3.05, 3.63) is 41.7 Å². The van der Waals surface area contributed by atoms with E-state index >= 15 is 0 Å². The number of piperidine rings is 1. The average molecular weight is 296 g/mol. The lowest BCUT2D eigenvalue weighted by Gasteiger charge is -2.32. The molecule has 1 atom stereocenters. The van der Waals surface area contributed by atoms with Gasteiger partial charge >= 0.3 is 0 Å². The van der Waals surface area contributed by atoms with Crippen LogP contribution < -0.4 is 10.2 Å². The van der Waals surface area contributed by atoms with Gasteiger partial charge in [-0.3, -0.25) is 0 Å². The summed E-state index contributed by atoms with van der Waals surface area (Å²) in [4.78, 5) is 11.5. The minimum absolute atomic E-state index is 0.733. The first kappa shape index (κ1) is 14.8. The van der Waals surface area contributed by atoms with Crippen LogP contribution in [0.15, 0.2) is 30.3 Å². The fourth-order valence-corrected chi connectivity index (χ4v) is 3.03. The van der Waals surface area contributed by atoms with Gasteiger partial charge in [0, 0.05) is 24.8 Å². The van der Waals surface area contributed by atoms with Crippen LogP contribution in [0.2, 0.25) is 0 Å². The lowest BCUT2D eigenvalue weighted by molar-refractivity contribution is 0.444. The van der Waals surface area contributed by atoms with Gasteiger partial charge in [-0.05, 0) is 44.2 Å². The number of aromatic nitrogens is 2. The molecule has 116 valence electrons. The third-order valence-corrected chi connectivity index (χ3v) is 4.21. The second-order valence-electron chi connectivity index (χ2n) is 6.29. The molecule has 0 spiro atoms. The standard InChI is InChI=1S/C18H24N4/c1-13-7-6-10-22(12-13)18-11-17(19-15(3)20-18)21-16-9-5-4-8-14(16)2/h4-5,8-9,11,13H,6-7,10,12H2,1-3H3,(H,19,20,21). The van der Waals surface area contributed by atoms with Crippen molar-refractivity contribution in [1.29, 1.82) is 0 Å². The molecule has 3 rings (SSSR count). The molecule has 4 nitrogen and oxygen atoms in total. The van der Waals surface area contributed by atoms with E-state index < -0.39 is 0 Å². The molecule has 4 heteroatoms. The van der Waals surface area contributed by atoms with Crippen LogP contribution in [0.5, 0.6) is 0 Å². The monoisotopic (exact) mass is 296 g/mol. The zero-order valence-corrected chi connectivity index (χ0v) is 13.6. The van der Waals surface area contributed by atoms with Crippen LogP contribution in [0.25, 0.3) is 0 Å². The van der Waals surface area contributed by atoms with Crippen molar-refractivity contribution in [3.8, 4) is 0 Å². The molecule has 22 heavy (non-hydrogen) atoms. The Hall–Kier alpha value is -2.10. The highest BCUT2D eigenvalue weighted by Gasteiger charge is 2.18. The van der Waals surface area contributed by atoms with Gasteiger partial charge in [0.1, 0.15) is 17.5 Å². The fraction of sp³-hybridized carbons (Fsp3) is 0.444. The van der Waals surface area contributed by atoms with Crippen molar-refractivity contribution in [3.63, 3.8) is 0 Å². The summed E-state index contributed by atoms with van der Waals surface area (Å²) >= 11 is 0. The molecular weight excluding hydrogens is 272 g/mol. The summed E-state index contributed by atoms with van der Waals surface area (Å²) in [7, 11) is 0. The Kier molecular flexibility index (Phi) is 4.27. The van der Waals surface area contributed by atoms with Crippen molar-refractivity contribution in [1.82, 2.24) is 9.97 Å². The van der Waals surface area contributed by atoms with Gasteiger partial charge in [0.05, 0.1) is 0 Å². The summed E-state index contributed by atoms with van der Waals surface area (Å²) in [5.74, 6) is 3.45. The molecule has 2 heterocycles. The minimum atomic E-state index is 0.733. The quantitative estimate of drug-likeness (QED) is 0.927. The summed E-state index contributed by atoms with van der Waals surface area (Å²) in [6.45, 7) is 8.54. The Morgan fingerprint density at radius 3 is 2.77 bits per heavy atom. The van der Waals surface area contributed by atoms with Gasteiger partial charge in [-0.1, -0.05) is 25.1 Å². The predicted molar refractivity (Wildman–Crippen MR) is 91.8 cm³/mol. The largest absolute Gasteiger partial charge is 0.356 e. The SMILES string of the molecule is Cc1nc(Nc2ccccc2C)cc(N2CCCC(C)C2)n1. The van der Waals surface area contributed by atoms with Crippen LogP contribution in [0, 0.1) is 19.8 Å². The van der Waals surface area contributed by atoms with Gasteiger partial charge in [0.2, 0.25) is 0 Å². The maximum absolute atomic E-state index is 4.63. The number of nitrogens with one attached hydrogen (secondary N) is 1. The van der Waals surface area contributed by atoms with E-state index in [-0.39, 0.29) is 0 Å². The summed E-state index contributed by atoms with van der Waals surface area (Å²) in [6.07, 6.45) is 2.56.